The van der Waals surface area contributed by atoms with Gasteiger partial charge in [0.15, 0.2) is 5.82 Å². The van der Waals surface area contributed by atoms with Crippen molar-refractivity contribution in [2.75, 3.05) is 31.6 Å². The number of piperidine rings is 1. The molecule has 0 amide bonds. The van der Waals surface area contributed by atoms with E-state index in [1.807, 2.05) is 6.07 Å². The predicted molar refractivity (Wildman–Crippen MR) is 100 cm³/mol. The Morgan fingerprint density at radius 3 is 2.77 bits per heavy atom. The predicted octanol–water partition coefficient (Wildman–Crippen LogP) is 3.14. The van der Waals surface area contributed by atoms with Crippen molar-refractivity contribution in [3.05, 3.63) is 35.1 Å². The van der Waals surface area contributed by atoms with Crippen LogP contribution in [0.3, 0.4) is 0 Å². The number of halogens is 1. The van der Waals surface area contributed by atoms with E-state index in [2.05, 4.69) is 27.0 Å². The standard InChI is InChI=1S/C20H25FN4O/c1-13-9-15(21)11-18(26)19(13)17-10-14-5-3-8-25(20(14)23-22-17)16-6-4-7-24(2)12-16/h9-11,16,26H,3-8,12H2,1-2H3/t16-/m1/s1. The van der Waals surface area contributed by atoms with Crippen LogP contribution in [0.25, 0.3) is 11.3 Å². The van der Waals surface area contributed by atoms with Gasteiger partial charge in [-0.2, -0.15) is 0 Å². The minimum Gasteiger partial charge on any atom is -0.507 e. The normalized spacial score (nSPS) is 20.9. The molecule has 1 aromatic carbocycles. The minimum absolute atomic E-state index is 0.0849. The van der Waals surface area contributed by atoms with E-state index in [9.17, 15) is 9.50 Å². The van der Waals surface area contributed by atoms with E-state index < -0.39 is 5.82 Å². The molecule has 1 atom stereocenters. The minimum atomic E-state index is -0.442. The molecular formula is C20H25FN4O. The molecule has 138 valence electrons. The number of phenols is 1. The molecule has 0 unspecified atom stereocenters. The van der Waals surface area contributed by atoms with Crippen LogP contribution >= 0.6 is 0 Å². The summed E-state index contributed by atoms with van der Waals surface area (Å²) in [6.45, 7) is 5.01. The molecule has 1 fully saturated rings. The number of aromatic nitrogens is 2. The number of likely N-dealkylation sites (tertiary alicyclic amines) is 1. The molecular weight excluding hydrogens is 331 g/mol. The molecule has 1 aromatic heterocycles. The molecule has 2 aromatic rings. The molecule has 0 aliphatic carbocycles. The first kappa shape index (κ1) is 17.2. The summed E-state index contributed by atoms with van der Waals surface area (Å²) in [6, 6.07) is 5.04. The molecule has 26 heavy (non-hydrogen) atoms. The number of rotatable bonds is 2. The molecule has 1 saturated heterocycles. The highest BCUT2D eigenvalue weighted by Gasteiger charge is 2.29. The second kappa shape index (κ2) is 6.83. The number of benzene rings is 1. The molecule has 0 radical (unpaired) electrons. The quantitative estimate of drug-likeness (QED) is 0.896. The number of nitrogens with zero attached hydrogens (tertiary/aromatic N) is 4. The number of anilines is 1. The van der Waals surface area contributed by atoms with E-state index in [0.717, 1.165) is 49.9 Å². The van der Waals surface area contributed by atoms with Crippen molar-refractivity contribution < 1.29 is 9.50 Å². The van der Waals surface area contributed by atoms with E-state index >= 15 is 0 Å². The number of likely N-dealkylation sites (N-methyl/N-ethyl adjacent to an activating group) is 1. The third-order valence-corrected chi connectivity index (χ3v) is 5.54. The van der Waals surface area contributed by atoms with Crippen molar-refractivity contribution in [2.45, 2.75) is 38.6 Å². The van der Waals surface area contributed by atoms with Gasteiger partial charge in [0.25, 0.3) is 0 Å². The third-order valence-electron chi connectivity index (χ3n) is 5.54. The van der Waals surface area contributed by atoms with Crippen LogP contribution in [0, 0.1) is 12.7 Å². The number of fused-ring (bicyclic) bond motifs is 1. The summed E-state index contributed by atoms with van der Waals surface area (Å²) in [5, 5.41) is 19.1. The van der Waals surface area contributed by atoms with Gasteiger partial charge in [-0.15, -0.1) is 10.2 Å². The zero-order valence-electron chi connectivity index (χ0n) is 15.4. The first-order valence-electron chi connectivity index (χ1n) is 9.34. The Bertz CT molecular complexity index is 802. The number of aromatic hydroxyl groups is 1. The summed E-state index contributed by atoms with van der Waals surface area (Å²) in [4.78, 5) is 4.78. The van der Waals surface area contributed by atoms with Crippen molar-refractivity contribution in [3.8, 4) is 17.0 Å². The lowest BCUT2D eigenvalue weighted by Crippen LogP contribution is -2.49. The molecule has 0 spiro atoms. The Labute approximate surface area is 153 Å². The smallest absolute Gasteiger partial charge is 0.154 e. The Balaban J connectivity index is 1.69. The van der Waals surface area contributed by atoms with Gasteiger partial charge in [0.1, 0.15) is 11.6 Å². The summed E-state index contributed by atoms with van der Waals surface area (Å²) in [5.41, 5.74) is 3.01. The molecule has 5 nitrogen and oxygen atoms in total. The van der Waals surface area contributed by atoms with E-state index in [-0.39, 0.29) is 5.75 Å². The van der Waals surface area contributed by atoms with Gasteiger partial charge in [0, 0.05) is 30.8 Å². The highest BCUT2D eigenvalue weighted by molar-refractivity contribution is 5.72. The zero-order chi connectivity index (χ0) is 18.3. The molecule has 1 N–H and O–H groups in total. The molecule has 4 rings (SSSR count). The summed E-state index contributed by atoms with van der Waals surface area (Å²) >= 11 is 0. The Kier molecular flexibility index (Phi) is 4.53. The van der Waals surface area contributed by atoms with Gasteiger partial charge in [0.2, 0.25) is 0 Å². The fourth-order valence-electron chi connectivity index (χ4n) is 4.33. The van der Waals surface area contributed by atoms with Crippen molar-refractivity contribution in [1.82, 2.24) is 15.1 Å². The van der Waals surface area contributed by atoms with Crippen molar-refractivity contribution in [3.63, 3.8) is 0 Å². The van der Waals surface area contributed by atoms with Crippen LogP contribution in [-0.2, 0) is 6.42 Å². The highest BCUT2D eigenvalue weighted by Crippen LogP contribution is 2.35. The van der Waals surface area contributed by atoms with Gasteiger partial charge in [-0.1, -0.05) is 0 Å². The van der Waals surface area contributed by atoms with Crippen LogP contribution in [0.4, 0.5) is 10.2 Å². The van der Waals surface area contributed by atoms with Crippen LogP contribution in [0.2, 0.25) is 0 Å². The molecule has 0 saturated carbocycles. The van der Waals surface area contributed by atoms with Crippen molar-refractivity contribution >= 4 is 5.82 Å². The maximum atomic E-state index is 13.5. The van der Waals surface area contributed by atoms with E-state index in [1.165, 1.54) is 18.9 Å². The lowest BCUT2D eigenvalue weighted by Gasteiger charge is -2.41. The van der Waals surface area contributed by atoms with Crippen molar-refractivity contribution in [2.24, 2.45) is 0 Å². The maximum absolute atomic E-state index is 13.5. The lowest BCUT2D eigenvalue weighted by atomic mass is 9.97. The van der Waals surface area contributed by atoms with Gasteiger partial charge < -0.3 is 14.9 Å². The Morgan fingerprint density at radius 2 is 2.00 bits per heavy atom. The van der Waals surface area contributed by atoms with Gasteiger partial charge in [-0.05, 0) is 69.5 Å². The molecule has 2 aliphatic rings. The number of aryl methyl sites for hydroxylation is 2. The van der Waals surface area contributed by atoms with Crippen molar-refractivity contribution in [1.29, 1.82) is 0 Å². The fourth-order valence-corrected chi connectivity index (χ4v) is 4.33. The van der Waals surface area contributed by atoms with E-state index in [0.29, 0.717) is 22.9 Å². The Morgan fingerprint density at radius 1 is 1.15 bits per heavy atom. The van der Waals surface area contributed by atoms with Gasteiger partial charge in [0.05, 0.1) is 5.69 Å². The SMILES string of the molecule is Cc1cc(F)cc(O)c1-c1cc2c(nn1)N([C@@H]1CCCN(C)C1)CCC2. The molecule has 0 bridgehead atoms. The topological polar surface area (TPSA) is 52.5 Å². The van der Waals surface area contributed by atoms with Gasteiger partial charge in [-0.3, -0.25) is 0 Å². The third kappa shape index (κ3) is 3.14. The zero-order valence-corrected chi connectivity index (χ0v) is 15.4. The summed E-state index contributed by atoms with van der Waals surface area (Å²) in [6.07, 6.45) is 4.44. The van der Waals surface area contributed by atoms with Crippen LogP contribution in [0.5, 0.6) is 5.75 Å². The fraction of sp³-hybridized carbons (Fsp3) is 0.500. The largest absolute Gasteiger partial charge is 0.507 e. The van der Waals surface area contributed by atoms with Crippen LogP contribution in [-0.4, -0.2) is 52.9 Å². The molecule has 3 heterocycles. The average Bonchev–Trinajstić information content (AvgIpc) is 2.60. The molecule has 6 heteroatoms. The Hall–Kier alpha value is -2.21. The average molecular weight is 356 g/mol. The highest BCUT2D eigenvalue weighted by atomic mass is 19.1. The second-order valence-corrected chi connectivity index (χ2v) is 7.55. The monoisotopic (exact) mass is 356 g/mol. The van der Waals surface area contributed by atoms with Gasteiger partial charge >= 0.3 is 0 Å². The summed E-state index contributed by atoms with van der Waals surface area (Å²) in [5.74, 6) is 0.445. The van der Waals surface area contributed by atoms with Crippen LogP contribution < -0.4 is 4.90 Å². The number of hydrogen-bond acceptors (Lipinski definition) is 5. The van der Waals surface area contributed by atoms with E-state index in [4.69, 9.17) is 0 Å². The molecule has 2 aliphatic heterocycles. The lowest BCUT2D eigenvalue weighted by molar-refractivity contribution is 0.242. The second-order valence-electron chi connectivity index (χ2n) is 7.55. The first-order valence-corrected chi connectivity index (χ1v) is 9.34. The summed E-state index contributed by atoms with van der Waals surface area (Å²) < 4.78 is 13.5. The van der Waals surface area contributed by atoms with Crippen LogP contribution in [0.15, 0.2) is 18.2 Å². The van der Waals surface area contributed by atoms with Gasteiger partial charge in [-0.25, -0.2) is 4.39 Å². The number of phenolic OH excluding ortho intramolecular Hbond substituents is 1. The maximum Gasteiger partial charge on any atom is 0.154 e. The summed E-state index contributed by atoms with van der Waals surface area (Å²) in [7, 11) is 2.17. The number of hydrogen-bond donors (Lipinski definition) is 1. The van der Waals surface area contributed by atoms with E-state index in [1.54, 1.807) is 6.92 Å². The first-order chi connectivity index (χ1) is 12.5. The van der Waals surface area contributed by atoms with Crippen LogP contribution in [0.1, 0.15) is 30.4 Å².